The molecule has 0 fully saturated rings. The Morgan fingerprint density at radius 2 is 2.00 bits per heavy atom. The molecule has 1 atom stereocenters. The van der Waals surface area contributed by atoms with Crippen molar-refractivity contribution in [1.82, 2.24) is 5.43 Å². The monoisotopic (exact) mass is 420 g/mol. The highest BCUT2D eigenvalue weighted by molar-refractivity contribution is 9.10. The molecule has 0 spiro atoms. The van der Waals surface area contributed by atoms with Crippen LogP contribution >= 0.6 is 43.5 Å². The average Bonchev–Trinajstić information content (AvgIpc) is 2.43. The van der Waals surface area contributed by atoms with Crippen LogP contribution in [0.15, 0.2) is 45.3 Å². The number of benzene rings is 2. The smallest absolute Gasteiger partial charge is 0.137 e. The van der Waals surface area contributed by atoms with Crippen molar-refractivity contribution in [2.24, 2.45) is 5.84 Å². The molecule has 6 heteroatoms. The van der Waals surface area contributed by atoms with Gasteiger partial charge < -0.3 is 0 Å². The first-order valence-corrected chi connectivity index (χ1v) is 7.83. The summed E-state index contributed by atoms with van der Waals surface area (Å²) < 4.78 is 14.9. The van der Waals surface area contributed by atoms with E-state index in [1.54, 1.807) is 12.1 Å². The van der Waals surface area contributed by atoms with Crippen LogP contribution in [0.2, 0.25) is 5.02 Å². The fourth-order valence-corrected chi connectivity index (χ4v) is 3.02. The average molecular weight is 423 g/mol. The predicted octanol–water partition coefficient (Wildman–Crippen LogP) is 4.75. The van der Waals surface area contributed by atoms with Crippen LogP contribution in [0.4, 0.5) is 4.39 Å². The third kappa shape index (κ3) is 3.59. The fourth-order valence-electron chi connectivity index (χ4n) is 1.97. The Kier molecular flexibility index (Phi) is 5.57. The van der Waals surface area contributed by atoms with Gasteiger partial charge in [0.2, 0.25) is 0 Å². The van der Waals surface area contributed by atoms with Crippen LogP contribution < -0.4 is 11.3 Å². The van der Waals surface area contributed by atoms with Gasteiger partial charge in [-0.15, -0.1) is 0 Å². The van der Waals surface area contributed by atoms with Crippen molar-refractivity contribution in [2.75, 3.05) is 0 Å². The molecular formula is C14H12Br2ClFN2. The second-order valence-corrected chi connectivity index (χ2v) is 6.42. The summed E-state index contributed by atoms with van der Waals surface area (Å²) in [6.07, 6.45) is 0.519. The van der Waals surface area contributed by atoms with Gasteiger partial charge in [-0.05, 0) is 57.7 Å². The zero-order valence-corrected chi connectivity index (χ0v) is 14.3. The Bertz CT molecular complexity index is 622. The van der Waals surface area contributed by atoms with Gasteiger partial charge in [-0.2, -0.15) is 0 Å². The highest BCUT2D eigenvalue weighted by Gasteiger charge is 2.17. The summed E-state index contributed by atoms with van der Waals surface area (Å²) in [5.41, 5.74) is 4.42. The molecule has 0 radical (unpaired) electrons. The van der Waals surface area contributed by atoms with Crippen LogP contribution in [0, 0.1) is 5.82 Å². The maximum absolute atomic E-state index is 13.5. The Labute approximate surface area is 138 Å². The van der Waals surface area contributed by atoms with Crippen molar-refractivity contribution in [1.29, 1.82) is 0 Å². The Balaban J connectivity index is 2.34. The molecule has 0 saturated heterocycles. The first-order valence-electron chi connectivity index (χ1n) is 5.87. The summed E-state index contributed by atoms with van der Waals surface area (Å²) in [7, 11) is 0. The van der Waals surface area contributed by atoms with Crippen molar-refractivity contribution in [3.8, 4) is 0 Å². The first kappa shape index (κ1) is 15.9. The van der Waals surface area contributed by atoms with E-state index in [1.165, 1.54) is 6.07 Å². The van der Waals surface area contributed by atoms with E-state index < -0.39 is 0 Å². The zero-order chi connectivity index (χ0) is 14.7. The first-order chi connectivity index (χ1) is 9.52. The second-order valence-electron chi connectivity index (χ2n) is 4.30. The van der Waals surface area contributed by atoms with Gasteiger partial charge in [0.1, 0.15) is 5.82 Å². The van der Waals surface area contributed by atoms with E-state index in [2.05, 4.69) is 37.3 Å². The molecule has 0 aliphatic heterocycles. The molecule has 0 aliphatic rings. The standard InChI is InChI=1S/C14H12Br2ClFN2/c15-9-4-5-11(17)10(7-9)13(20-19)6-8-2-1-3-12(18)14(8)16/h1-5,7,13,20H,6,19H2. The number of hydrazine groups is 1. The fraction of sp³-hybridized carbons (Fsp3) is 0.143. The molecule has 20 heavy (non-hydrogen) atoms. The molecular weight excluding hydrogens is 410 g/mol. The molecule has 2 nitrogen and oxygen atoms in total. The normalized spacial score (nSPS) is 12.4. The predicted molar refractivity (Wildman–Crippen MR) is 87.0 cm³/mol. The summed E-state index contributed by atoms with van der Waals surface area (Å²) in [6, 6.07) is 10.3. The maximum atomic E-state index is 13.5. The van der Waals surface area contributed by atoms with E-state index in [1.807, 2.05) is 18.2 Å². The summed E-state index contributed by atoms with van der Waals surface area (Å²) in [6.45, 7) is 0. The van der Waals surface area contributed by atoms with Crippen molar-refractivity contribution in [2.45, 2.75) is 12.5 Å². The van der Waals surface area contributed by atoms with E-state index in [-0.39, 0.29) is 11.9 Å². The number of hydrogen-bond donors (Lipinski definition) is 2. The third-order valence-corrected chi connectivity index (χ3v) is 4.72. The van der Waals surface area contributed by atoms with Crippen LogP contribution in [0.25, 0.3) is 0 Å². The van der Waals surface area contributed by atoms with Crippen molar-refractivity contribution >= 4 is 43.5 Å². The highest BCUT2D eigenvalue weighted by Crippen LogP contribution is 2.30. The Morgan fingerprint density at radius 1 is 1.25 bits per heavy atom. The Morgan fingerprint density at radius 3 is 2.70 bits per heavy atom. The van der Waals surface area contributed by atoms with Gasteiger partial charge in [0.05, 0.1) is 10.5 Å². The number of halogens is 4. The quantitative estimate of drug-likeness (QED) is 0.551. The van der Waals surface area contributed by atoms with Gasteiger partial charge in [-0.3, -0.25) is 11.3 Å². The summed E-state index contributed by atoms with van der Waals surface area (Å²) in [4.78, 5) is 0. The summed E-state index contributed by atoms with van der Waals surface area (Å²) >= 11 is 12.9. The molecule has 3 N–H and O–H groups in total. The van der Waals surface area contributed by atoms with Gasteiger partial charge in [-0.1, -0.05) is 39.7 Å². The molecule has 0 aromatic heterocycles. The number of nitrogens with one attached hydrogen (secondary N) is 1. The molecule has 0 heterocycles. The highest BCUT2D eigenvalue weighted by atomic mass is 79.9. The minimum atomic E-state index is -0.293. The lowest BCUT2D eigenvalue weighted by atomic mass is 9.99. The van der Waals surface area contributed by atoms with Crippen LogP contribution in [-0.2, 0) is 6.42 Å². The van der Waals surface area contributed by atoms with E-state index >= 15 is 0 Å². The van der Waals surface area contributed by atoms with Crippen molar-refractivity contribution < 1.29 is 4.39 Å². The molecule has 0 amide bonds. The lowest BCUT2D eigenvalue weighted by molar-refractivity contribution is 0.546. The van der Waals surface area contributed by atoms with Gasteiger partial charge in [0, 0.05) is 9.50 Å². The molecule has 2 rings (SSSR count). The van der Waals surface area contributed by atoms with Gasteiger partial charge in [0.15, 0.2) is 0 Å². The van der Waals surface area contributed by atoms with E-state index in [0.29, 0.717) is 15.9 Å². The van der Waals surface area contributed by atoms with Crippen LogP contribution in [0.5, 0.6) is 0 Å². The number of rotatable bonds is 4. The van der Waals surface area contributed by atoms with E-state index in [9.17, 15) is 4.39 Å². The number of hydrogen-bond acceptors (Lipinski definition) is 2. The van der Waals surface area contributed by atoms with Crippen LogP contribution in [0.3, 0.4) is 0 Å². The molecule has 0 bridgehead atoms. The summed E-state index contributed by atoms with van der Waals surface area (Å²) in [5, 5.41) is 0.615. The molecule has 0 aliphatic carbocycles. The molecule has 2 aromatic rings. The SMILES string of the molecule is NNC(Cc1cccc(F)c1Br)c1cc(Br)ccc1Cl. The van der Waals surface area contributed by atoms with Crippen molar-refractivity contribution in [3.05, 3.63) is 67.3 Å². The van der Waals surface area contributed by atoms with Crippen molar-refractivity contribution in [3.63, 3.8) is 0 Å². The minimum Gasteiger partial charge on any atom is -0.271 e. The van der Waals surface area contributed by atoms with Crippen LogP contribution in [-0.4, -0.2) is 0 Å². The zero-order valence-electron chi connectivity index (χ0n) is 10.3. The maximum Gasteiger partial charge on any atom is 0.137 e. The molecule has 106 valence electrons. The number of nitrogens with two attached hydrogens (primary N) is 1. The third-order valence-electron chi connectivity index (χ3n) is 2.99. The van der Waals surface area contributed by atoms with Gasteiger partial charge in [-0.25, -0.2) is 4.39 Å². The largest absolute Gasteiger partial charge is 0.271 e. The molecule has 0 saturated carbocycles. The molecule has 1 unspecified atom stereocenters. The topological polar surface area (TPSA) is 38.0 Å². The minimum absolute atomic E-state index is 0.210. The van der Waals surface area contributed by atoms with E-state index in [0.717, 1.165) is 15.6 Å². The lowest BCUT2D eigenvalue weighted by Crippen LogP contribution is -2.30. The molecule has 2 aromatic carbocycles. The lowest BCUT2D eigenvalue weighted by Gasteiger charge is -2.19. The van der Waals surface area contributed by atoms with Gasteiger partial charge >= 0.3 is 0 Å². The summed E-state index contributed by atoms with van der Waals surface area (Å²) in [5.74, 6) is 5.33. The van der Waals surface area contributed by atoms with Gasteiger partial charge in [0.25, 0.3) is 0 Å². The second kappa shape index (κ2) is 7.00. The van der Waals surface area contributed by atoms with E-state index in [4.69, 9.17) is 17.4 Å². The van der Waals surface area contributed by atoms with Crippen LogP contribution in [0.1, 0.15) is 17.2 Å². The Hall–Kier alpha value is -0.460.